The number of benzene rings is 1. The molecule has 1 aliphatic heterocycles. The Morgan fingerprint density at radius 3 is 2.08 bits per heavy atom. The predicted octanol–water partition coefficient (Wildman–Crippen LogP) is 1.93. The molecular formula is C19H30N4O2. The third-order valence-electron chi connectivity index (χ3n) is 5.01. The van der Waals surface area contributed by atoms with Crippen molar-refractivity contribution in [2.24, 2.45) is 11.7 Å². The van der Waals surface area contributed by atoms with Crippen LogP contribution in [0, 0.1) is 5.92 Å². The van der Waals surface area contributed by atoms with Gasteiger partial charge in [0, 0.05) is 45.3 Å². The van der Waals surface area contributed by atoms with Gasteiger partial charge in [0.1, 0.15) is 0 Å². The zero-order chi connectivity index (χ0) is 18.4. The van der Waals surface area contributed by atoms with Gasteiger partial charge < -0.3 is 20.4 Å². The van der Waals surface area contributed by atoms with Crippen molar-refractivity contribution >= 4 is 11.9 Å². The highest BCUT2D eigenvalue weighted by molar-refractivity contribution is 5.80. The molecule has 6 heteroatoms. The van der Waals surface area contributed by atoms with Crippen LogP contribution in [0.1, 0.15) is 32.4 Å². The van der Waals surface area contributed by atoms with Gasteiger partial charge in [-0.3, -0.25) is 4.79 Å². The first kappa shape index (κ1) is 19.2. The maximum atomic E-state index is 12.8. The molecule has 0 spiro atoms. The van der Waals surface area contributed by atoms with Crippen LogP contribution in [0.3, 0.4) is 0 Å². The monoisotopic (exact) mass is 346 g/mol. The summed E-state index contributed by atoms with van der Waals surface area (Å²) in [7, 11) is 0. The second-order valence-electron chi connectivity index (χ2n) is 6.49. The number of amides is 3. The molecule has 2 atom stereocenters. The largest absolute Gasteiger partial charge is 0.339 e. The Labute approximate surface area is 150 Å². The summed E-state index contributed by atoms with van der Waals surface area (Å²) in [6.07, 6.45) is 0. The van der Waals surface area contributed by atoms with E-state index in [1.165, 1.54) is 0 Å². The summed E-state index contributed by atoms with van der Waals surface area (Å²) < 4.78 is 0. The summed E-state index contributed by atoms with van der Waals surface area (Å²) in [6, 6.07) is 9.46. The number of hydrogen-bond donors (Lipinski definition) is 1. The van der Waals surface area contributed by atoms with E-state index in [1.807, 2.05) is 65.8 Å². The molecule has 2 N–H and O–H groups in total. The first-order chi connectivity index (χ1) is 12.0. The van der Waals surface area contributed by atoms with E-state index in [0.717, 1.165) is 5.56 Å². The van der Waals surface area contributed by atoms with E-state index in [-0.39, 0.29) is 23.9 Å². The number of piperazine rings is 1. The zero-order valence-corrected chi connectivity index (χ0v) is 15.5. The van der Waals surface area contributed by atoms with Crippen LogP contribution in [0.4, 0.5) is 4.79 Å². The topological polar surface area (TPSA) is 69.9 Å². The van der Waals surface area contributed by atoms with E-state index in [2.05, 4.69) is 0 Å². The average Bonchev–Trinajstić information content (AvgIpc) is 2.68. The molecule has 6 nitrogen and oxygen atoms in total. The third-order valence-corrected chi connectivity index (χ3v) is 5.01. The summed E-state index contributed by atoms with van der Waals surface area (Å²) in [5.74, 6) is -0.223. The van der Waals surface area contributed by atoms with Gasteiger partial charge in [-0.1, -0.05) is 37.3 Å². The molecule has 1 heterocycles. The molecule has 25 heavy (non-hydrogen) atoms. The van der Waals surface area contributed by atoms with Crippen molar-refractivity contribution in [1.82, 2.24) is 14.7 Å². The highest BCUT2D eigenvalue weighted by atomic mass is 16.2. The van der Waals surface area contributed by atoms with Crippen LogP contribution in [0.25, 0.3) is 0 Å². The summed E-state index contributed by atoms with van der Waals surface area (Å²) >= 11 is 0. The Bertz CT molecular complexity index is 566. The number of urea groups is 1. The second-order valence-corrected chi connectivity index (χ2v) is 6.49. The highest BCUT2D eigenvalue weighted by Gasteiger charge is 2.30. The Morgan fingerprint density at radius 2 is 1.56 bits per heavy atom. The zero-order valence-electron chi connectivity index (χ0n) is 15.5. The van der Waals surface area contributed by atoms with E-state index in [4.69, 9.17) is 5.73 Å². The molecule has 0 radical (unpaired) electrons. The van der Waals surface area contributed by atoms with Crippen molar-refractivity contribution in [3.05, 3.63) is 35.9 Å². The van der Waals surface area contributed by atoms with E-state index in [0.29, 0.717) is 39.3 Å². The highest BCUT2D eigenvalue weighted by Crippen LogP contribution is 2.21. The van der Waals surface area contributed by atoms with Crippen LogP contribution >= 0.6 is 0 Å². The molecule has 0 aromatic heterocycles. The fourth-order valence-electron chi connectivity index (χ4n) is 3.22. The molecule has 1 aliphatic rings. The van der Waals surface area contributed by atoms with E-state index >= 15 is 0 Å². The van der Waals surface area contributed by atoms with Gasteiger partial charge in [-0.15, -0.1) is 0 Å². The van der Waals surface area contributed by atoms with Crippen molar-refractivity contribution in [2.75, 3.05) is 39.3 Å². The number of hydrogen-bond acceptors (Lipinski definition) is 3. The summed E-state index contributed by atoms with van der Waals surface area (Å²) in [5, 5.41) is 0. The lowest BCUT2D eigenvalue weighted by atomic mass is 9.94. The molecule has 0 saturated carbocycles. The summed E-state index contributed by atoms with van der Waals surface area (Å²) in [5.41, 5.74) is 7.25. The molecule has 138 valence electrons. The van der Waals surface area contributed by atoms with Gasteiger partial charge in [0.15, 0.2) is 0 Å². The first-order valence-corrected chi connectivity index (χ1v) is 9.12. The summed E-state index contributed by atoms with van der Waals surface area (Å²) in [6.45, 7) is 9.54. The minimum atomic E-state index is -0.316. The van der Waals surface area contributed by atoms with Gasteiger partial charge in [0.05, 0.1) is 5.92 Å². The lowest BCUT2D eigenvalue weighted by Gasteiger charge is -2.38. The Hall–Kier alpha value is -2.08. The number of carbonyl (C=O) groups is 2. The fourth-order valence-corrected chi connectivity index (χ4v) is 3.22. The van der Waals surface area contributed by atoms with Gasteiger partial charge in [-0.2, -0.15) is 0 Å². The second kappa shape index (κ2) is 8.85. The van der Waals surface area contributed by atoms with Crippen LogP contribution in [-0.4, -0.2) is 65.9 Å². The maximum absolute atomic E-state index is 12.8. The standard InChI is InChI=1S/C19H30N4O2/c1-4-21(5-2)19(25)23-13-11-22(12-14-23)18(24)15(3)17(20)16-9-7-6-8-10-16/h6-10,15,17H,4-5,11-14,20H2,1-3H3. The molecule has 1 aromatic carbocycles. The van der Waals surface area contributed by atoms with E-state index < -0.39 is 0 Å². The third kappa shape index (κ3) is 4.51. The molecular weight excluding hydrogens is 316 g/mol. The van der Waals surface area contributed by atoms with Crippen molar-refractivity contribution in [1.29, 1.82) is 0 Å². The van der Waals surface area contributed by atoms with Crippen molar-refractivity contribution < 1.29 is 9.59 Å². The van der Waals surface area contributed by atoms with Crippen LogP contribution in [0.15, 0.2) is 30.3 Å². The molecule has 0 bridgehead atoms. The number of rotatable bonds is 5. The molecule has 0 aliphatic carbocycles. The lowest BCUT2D eigenvalue weighted by molar-refractivity contribution is -0.137. The van der Waals surface area contributed by atoms with Crippen LogP contribution in [0.5, 0.6) is 0 Å². The van der Waals surface area contributed by atoms with Crippen LogP contribution in [0.2, 0.25) is 0 Å². The number of nitrogens with zero attached hydrogens (tertiary/aromatic N) is 3. The molecule has 1 aromatic rings. The van der Waals surface area contributed by atoms with Gasteiger partial charge in [0.2, 0.25) is 5.91 Å². The first-order valence-electron chi connectivity index (χ1n) is 9.12. The quantitative estimate of drug-likeness (QED) is 0.886. The normalized spacial score (nSPS) is 17.1. The molecule has 2 unspecified atom stereocenters. The Balaban J connectivity index is 1.91. The molecule has 1 saturated heterocycles. The van der Waals surface area contributed by atoms with Gasteiger partial charge in [0.25, 0.3) is 0 Å². The van der Waals surface area contributed by atoms with Crippen molar-refractivity contribution in [3.63, 3.8) is 0 Å². The molecule has 1 fully saturated rings. The van der Waals surface area contributed by atoms with Crippen molar-refractivity contribution in [2.45, 2.75) is 26.8 Å². The number of nitrogens with two attached hydrogens (primary N) is 1. The predicted molar refractivity (Wildman–Crippen MR) is 99.0 cm³/mol. The fraction of sp³-hybridized carbons (Fsp3) is 0.579. The van der Waals surface area contributed by atoms with Crippen LogP contribution < -0.4 is 5.73 Å². The minimum Gasteiger partial charge on any atom is -0.339 e. The molecule has 3 amide bonds. The van der Waals surface area contributed by atoms with Crippen molar-refractivity contribution in [3.8, 4) is 0 Å². The Morgan fingerprint density at radius 1 is 1.04 bits per heavy atom. The molecule has 2 rings (SSSR count). The lowest BCUT2D eigenvalue weighted by Crippen LogP contribution is -2.55. The van der Waals surface area contributed by atoms with E-state index in [1.54, 1.807) is 0 Å². The van der Waals surface area contributed by atoms with Gasteiger partial charge >= 0.3 is 6.03 Å². The van der Waals surface area contributed by atoms with Gasteiger partial charge in [-0.05, 0) is 19.4 Å². The average molecular weight is 346 g/mol. The Kier molecular flexibility index (Phi) is 6.82. The number of carbonyl (C=O) groups excluding carboxylic acids is 2. The minimum absolute atomic E-state index is 0.0612. The van der Waals surface area contributed by atoms with Crippen LogP contribution in [-0.2, 0) is 4.79 Å². The summed E-state index contributed by atoms with van der Waals surface area (Å²) in [4.78, 5) is 30.6. The smallest absolute Gasteiger partial charge is 0.320 e. The van der Waals surface area contributed by atoms with Gasteiger partial charge in [-0.25, -0.2) is 4.79 Å². The SMILES string of the molecule is CCN(CC)C(=O)N1CCN(C(=O)C(C)C(N)c2ccccc2)CC1. The van der Waals surface area contributed by atoms with E-state index in [9.17, 15) is 9.59 Å². The maximum Gasteiger partial charge on any atom is 0.320 e.